The van der Waals surface area contributed by atoms with Crippen LogP contribution in [0, 0.1) is 0 Å². The van der Waals surface area contributed by atoms with Crippen molar-refractivity contribution in [2.45, 2.75) is 6.42 Å². The second-order valence-corrected chi connectivity index (χ2v) is 3.91. The summed E-state index contributed by atoms with van der Waals surface area (Å²) in [5.74, 6) is 0. The minimum absolute atomic E-state index is 0.249. The van der Waals surface area contributed by atoms with Crippen molar-refractivity contribution in [2.24, 2.45) is 0 Å². The summed E-state index contributed by atoms with van der Waals surface area (Å²) in [6, 6.07) is 9.52. The van der Waals surface area contributed by atoms with Crippen molar-refractivity contribution in [3.8, 4) is 0 Å². The number of anilines is 1. The van der Waals surface area contributed by atoms with Crippen LogP contribution in [-0.2, 0) is 4.74 Å². The lowest BCUT2D eigenvalue weighted by molar-refractivity contribution is -0.137. The Kier molecular flexibility index (Phi) is 3.95. The molecule has 5 heteroatoms. The molecule has 0 saturated carbocycles. The number of hydrogen-bond acceptors (Lipinski definition) is 4. The first-order valence-electron chi connectivity index (χ1n) is 5.70. The van der Waals surface area contributed by atoms with E-state index in [1.165, 1.54) is 5.06 Å². The van der Waals surface area contributed by atoms with Gasteiger partial charge in [0.05, 0.1) is 6.54 Å². The van der Waals surface area contributed by atoms with Gasteiger partial charge in [0.25, 0.3) is 0 Å². The Morgan fingerprint density at radius 2 is 1.76 bits per heavy atom. The number of cyclic esters (lactones) is 1. The molecule has 0 atom stereocenters. The minimum Gasteiger partial charge on any atom is -0.447 e. The van der Waals surface area contributed by atoms with Crippen LogP contribution in [0.5, 0.6) is 0 Å². The molecule has 1 aromatic carbocycles. The van der Waals surface area contributed by atoms with E-state index in [0.29, 0.717) is 13.2 Å². The van der Waals surface area contributed by atoms with Crippen molar-refractivity contribution >= 4 is 11.8 Å². The number of nitrogens with zero attached hydrogens (tertiary/aromatic N) is 2. The Morgan fingerprint density at radius 3 is 2.18 bits per heavy atom. The summed E-state index contributed by atoms with van der Waals surface area (Å²) in [5, 5.41) is 9.59. The molecule has 3 rings (SSSR count). The van der Waals surface area contributed by atoms with E-state index in [0.717, 1.165) is 25.2 Å². The summed E-state index contributed by atoms with van der Waals surface area (Å²) in [6.07, 6.45) is 0.914. The number of carbonyl (C=O) groups excluding carboxylic acids is 1. The molecule has 5 nitrogen and oxygen atoms in total. The topological polar surface area (TPSA) is 53.0 Å². The molecule has 1 amide bonds. The molecule has 17 heavy (non-hydrogen) atoms. The lowest BCUT2D eigenvalue weighted by Gasteiger charge is -2.22. The molecule has 2 heterocycles. The normalized spacial score (nSPS) is 19.1. The second-order valence-electron chi connectivity index (χ2n) is 3.91. The van der Waals surface area contributed by atoms with Crippen LogP contribution in [0.1, 0.15) is 6.42 Å². The van der Waals surface area contributed by atoms with Gasteiger partial charge in [0.2, 0.25) is 0 Å². The summed E-state index contributed by atoms with van der Waals surface area (Å²) in [7, 11) is 0. The van der Waals surface area contributed by atoms with E-state index in [2.05, 4.69) is 0 Å². The number of ether oxygens (including phenoxy) is 1. The predicted molar refractivity (Wildman–Crippen MR) is 63.1 cm³/mol. The van der Waals surface area contributed by atoms with Gasteiger partial charge in [0.1, 0.15) is 6.61 Å². The molecule has 1 aromatic rings. The zero-order chi connectivity index (χ0) is 12.1. The molecule has 92 valence electrons. The van der Waals surface area contributed by atoms with Crippen molar-refractivity contribution in [1.29, 1.82) is 0 Å². The fourth-order valence-corrected chi connectivity index (χ4v) is 1.54. The average molecular weight is 236 g/mol. The van der Waals surface area contributed by atoms with Crippen LogP contribution >= 0.6 is 0 Å². The lowest BCUT2D eigenvalue weighted by atomic mass is 10.3. The monoisotopic (exact) mass is 236 g/mol. The molecule has 2 aliphatic rings. The second kappa shape index (κ2) is 5.65. The van der Waals surface area contributed by atoms with Gasteiger partial charge in [-0.2, -0.15) is 5.06 Å². The molecule has 1 N–H and O–H groups in total. The van der Waals surface area contributed by atoms with Crippen LogP contribution in [0.3, 0.4) is 0 Å². The molecule has 2 saturated heterocycles. The van der Waals surface area contributed by atoms with E-state index >= 15 is 0 Å². The van der Waals surface area contributed by atoms with E-state index in [1.807, 2.05) is 30.3 Å². The standard InChI is InChI=1S/C9H9NO2.C3H7NO/c11-9-10(6-7-12-9)8-4-2-1-3-5-8;5-4-2-1-3-4/h1-5H,6-7H2;5H,1-3H2. The van der Waals surface area contributed by atoms with Gasteiger partial charge in [-0.1, -0.05) is 18.2 Å². The summed E-state index contributed by atoms with van der Waals surface area (Å²) >= 11 is 0. The van der Waals surface area contributed by atoms with Crippen molar-refractivity contribution in [1.82, 2.24) is 5.06 Å². The van der Waals surface area contributed by atoms with Crippen molar-refractivity contribution < 1.29 is 14.7 Å². The molecule has 0 radical (unpaired) electrons. The zero-order valence-corrected chi connectivity index (χ0v) is 9.58. The third kappa shape index (κ3) is 3.18. The van der Waals surface area contributed by atoms with Crippen molar-refractivity contribution in [3.05, 3.63) is 30.3 Å². The van der Waals surface area contributed by atoms with Gasteiger partial charge < -0.3 is 9.94 Å². The Balaban J connectivity index is 0.000000181. The predicted octanol–water partition coefficient (Wildman–Crippen LogP) is 1.72. The van der Waals surface area contributed by atoms with Gasteiger partial charge in [0.15, 0.2) is 0 Å². The van der Waals surface area contributed by atoms with Crippen LogP contribution in [0.2, 0.25) is 0 Å². The maximum atomic E-state index is 11.1. The van der Waals surface area contributed by atoms with E-state index < -0.39 is 0 Å². The van der Waals surface area contributed by atoms with Crippen LogP contribution in [0.4, 0.5) is 10.5 Å². The van der Waals surface area contributed by atoms with Gasteiger partial charge >= 0.3 is 6.09 Å². The first-order valence-corrected chi connectivity index (χ1v) is 5.70. The van der Waals surface area contributed by atoms with E-state index in [4.69, 9.17) is 9.94 Å². The smallest absolute Gasteiger partial charge is 0.414 e. The summed E-state index contributed by atoms with van der Waals surface area (Å²) in [6.45, 7) is 2.90. The SMILES string of the molecule is O=C1OCCN1c1ccccc1.ON1CCC1. The number of hydroxylamine groups is 2. The van der Waals surface area contributed by atoms with Crippen LogP contribution < -0.4 is 4.90 Å². The lowest BCUT2D eigenvalue weighted by Crippen LogP contribution is -2.33. The summed E-state index contributed by atoms with van der Waals surface area (Å²) < 4.78 is 4.81. The van der Waals surface area contributed by atoms with Gasteiger partial charge in [-0.15, -0.1) is 0 Å². The Labute approximate surface area is 100 Å². The molecule has 0 bridgehead atoms. The number of hydrogen-bond donors (Lipinski definition) is 1. The average Bonchev–Trinajstić information content (AvgIpc) is 2.75. The number of benzene rings is 1. The largest absolute Gasteiger partial charge is 0.447 e. The van der Waals surface area contributed by atoms with Crippen molar-refractivity contribution in [2.75, 3.05) is 31.1 Å². The molecule has 2 aliphatic heterocycles. The number of amides is 1. The van der Waals surface area contributed by atoms with Crippen LogP contribution in [0.15, 0.2) is 30.3 Å². The molecule has 0 aliphatic carbocycles. The molecule has 0 spiro atoms. The highest BCUT2D eigenvalue weighted by Gasteiger charge is 2.22. The molecular weight excluding hydrogens is 220 g/mol. The fourth-order valence-electron chi connectivity index (χ4n) is 1.54. The highest BCUT2D eigenvalue weighted by Crippen LogP contribution is 2.16. The third-order valence-corrected chi connectivity index (χ3v) is 2.66. The van der Waals surface area contributed by atoms with Crippen molar-refractivity contribution in [3.63, 3.8) is 0 Å². The maximum Gasteiger partial charge on any atom is 0.414 e. The quantitative estimate of drug-likeness (QED) is 0.806. The van der Waals surface area contributed by atoms with Crippen LogP contribution in [0.25, 0.3) is 0 Å². The van der Waals surface area contributed by atoms with Gasteiger partial charge in [-0.05, 0) is 18.6 Å². The zero-order valence-electron chi connectivity index (χ0n) is 9.58. The highest BCUT2D eigenvalue weighted by atomic mass is 16.6. The fraction of sp³-hybridized carbons (Fsp3) is 0.417. The van der Waals surface area contributed by atoms with Gasteiger partial charge in [0, 0.05) is 18.8 Å². The highest BCUT2D eigenvalue weighted by molar-refractivity contribution is 5.89. The third-order valence-electron chi connectivity index (χ3n) is 2.66. The molecule has 2 fully saturated rings. The first kappa shape index (κ1) is 11.9. The summed E-state index contributed by atoms with van der Waals surface area (Å²) in [5.41, 5.74) is 0.903. The number of rotatable bonds is 1. The first-order chi connectivity index (χ1) is 8.27. The molecule has 0 aromatic heterocycles. The number of carbonyl (C=O) groups is 1. The van der Waals surface area contributed by atoms with E-state index in [9.17, 15) is 4.79 Å². The van der Waals surface area contributed by atoms with Crippen LogP contribution in [-0.4, -0.2) is 42.6 Å². The molecule has 0 unspecified atom stereocenters. The van der Waals surface area contributed by atoms with E-state index in [1.54, 1.807) is 4.90 Å². The Bertz CT molecular complexity index is 365. The van der Waals surface area contributed by atoms with Gasteiger partial charge in [-0.25, -0.2) is 4.79 Å². The summed E-state index contributed by atoms with van der Waals surface area (Å²) in [4.78, 5) is 12.7. The van der Waals surface area contributed by atoms with E-state index in [-0.39, 0.29) is 6.09 Å². The number of para-hydroxylation sites is 1. The van der Waals surface area contributed by atoms with Gasteiger partial charge in [-0.3, -0.25) is 4.90 Å². The molecular formula is C12H16N2O3. The Hall–Kier alpha value is -1.59. The maximum absolute atomic E-state index is 11.1. The minimum atomic E-state index is -0.249. The Morgan fingerprint density at radius 1 is 1.12 bits per heavy atom.